The van der Waals surface area contributed by atoms with Gasteiger partial charge in [-0.3, -0.25) is 0 Å². The van der Waals surface area contributed by atoms with Gasteiger partial charge >= 0.3 is 0 Å². The van der Waals surface area contributed by atoms with Crippen LogP contribution in [0.2, 0.25) is 0 Å². The maximum atomic E-state index is 3.07. The first-order chi connectivity index (χ1) is 3.30. The van der Waals surface area contributed by atoms with E-state index in [1.165, 1.54) is 11.3 Å². The van der Waals surface area contributed by atoms with Crippen molar-refractivity contribution in [1.29, 1.82) is 0 Å². The molecule has 0 aliphatic rings. The van der Waals surface area contributed by atoms with Crippen LogP contribution in [0.15, 0.2) is 12.3 Å². The summed E-state index contributed by atoms with van der Waals surface area (Å²) in [6.45, 7) is 4.15. The van der Waals surface area contributed by atoms with Gasteiger partial charge in [0.1, 0.15) is 0 Å². The Balaban J connectivity index is 0.000000490. The predicted octanol–water partition coefficient (Wildman–Crippen LogP) is 1.25. The van der Waals surface area contributed by atoms with E-state index >= 15 is 0 Å². The Morgan fingerprint density at radius 1 is 1.38 bits per heavy atom. The van der Waals surface area contributed by atoms with Gasteiger partial charge in [-0.2, -0.15) is 0 Å². The van der Waals surface area contributed by atoms with Crippen LogP contribution in [0.1, 0.15) is 11.3 Å². The van der Waals surface area contributed by atoms with Crippen LogP contribution in [0, 0.1) is 13.8 Å². The van der Waals surface area contributed by atoms with Crippen molar-refractivity contribution in [2.45, 2.75) is 13.8 Å². The van der Waals surface area contributed by atoms with Gasteiger partial charge in [0.05, 0.1) is 0 Å². The number of hydrogen-bond acceptors (Lipinski definition) is 0. The fourth-order valence-electron chi connectivity index (χ4n) is 0.531. The van der Waals surface area contributed by atoms with Gasteiger partial charge in [0.2, 0.25) is 0 Å². The molecular weight excluding hydrogens is 109 g/mol. The number of H-pyrrole nitrogens is 1. The summed E-state index contributed by atoms with van der Waals surface area (Å²) in [5.74, 6) is 0. The Bertz CT molecular complexity index is 141. The zero-order valence-electron chi connectivity index (χ0n) is 5.65. The van der Waals surface area contributed by atoms with E-state index in [1.54, 1.807) is 0 Å². The summed E-state index contributed by atoms with van der Waals surface area (Å²) >= 11 is 0. The summed E-state index contributed by atoms with van der Waals surface area (Å²) in [6, 6.07) is 2.06. The van der Waals surface area contributed by atoms with Gasteiger partial charge in [-0.1, -0.05) is 0 Å². The van der Waals surface area contributed by atoms with E-state index < -0.39 is 0 Å². The molecule has 8 heavy (non-hydrogen) atoms. The Labute approximate surface area is 71.8 Å². The van der Waals surface area contributed by atoms with Crippen molar-refractivity contribution in [3.05, 3.63) is 23.5 Å². The van der Waals surface area contributed by atoms with Gasteiger partial charge in [0, 0.05) is 41.4 Å². The molecule has 0 saturated heterocycles. The largest absolute Gasteiger partial charge is 0.365 e. The molecule has 0 aliphatic heterocycles. The van der Waals surface area contributed by atoms with Gasteiger partial charge in [-0.25, -0.2) is 0 Å². The van der Waals surface area contributed by atoms with Gasteiger partial charge in [-0.15, -0.1) is 0 Å². The average molecular weight is 118 g/mol. The fraction of sp³-hybridized carbons (Fsp3) is 0.333. The molecule has 1 aromatic rings. The van der Waals surface area contributed by atoms with E-state index in [1.807, 2.05) is 6.20 Å². The van der Waals surface area contributed by atoms with Crippen molar-refractivity contribution < 1.29 is 0 Å². The third-order valence-corrected chi connectivity index (χ3v) is 1.22. The standard InChI is InChI=1S/C6H9N.Na/c1-5-3-4-7-6(5)2;/h3-4,7H,1-2H3;. The second-order valence-electron chi connectivity index (χ2n) is 1.79. The van der Waals surface area contributed by atoms with Crippen LogP contribution in [0.5, 0.6) is 0 Å². The number of nitrogens with one attached hydrogen (secondary N) is 1. The van der Waals surface area contributed by atoms with Crippen LogP contribution in [0.25, 0.3) is 0 Å². The van der Waals surface area contributed by atoms with Crippen LogP contribution in [0.3, 0.4) is 0 Å². The van der Waals surface area contributed by atoms with Crippen molar-refractivity contribution in [2.75, 3.05) is 0 Å². The molecule has 0 aromatic carbocycles. The topological polar surface area (TPSA) is 15.8 Å². The number of aromatic amines is 1. The summed E-state index contributed by atoms with van der Waals surface area (Å²) in [6.07, 6.45) is 1.95. The van der Waals surface area contributed by atoms with Crippen LogP contribution >= 0.6 is 0 Å². The Kier molecular flexibility index (Phi) is 3.45. The first kappa shape index (κ1) is 8.28. The molecule has 1 aromatic heterocycles. The van der Waals surface area contributed by atoms with E-state index in [2.05, 4.69) is 24.9 Å². The molecule has 1 radical (unpaired) electrons. The molecule has 0 spiro atoms. The van der Waals surface area contributed by atoms with Crippen LogP contribution in [-0.2, 0) is 0 Å². The minimum atomic E-state index is 0. The van der Waals surface area contributed by atoms with Crippen LogP contribution in [0.4, 0.5) is 0 Å². The smallest absolute Gasteiger partial charge is 0.0145 e. The minimum absolute atomic E-state index is 0. The summed E-state index contributed by atoms with van der Waals surface area (Å²) in [5, 5.41) is 0. The molecule has 1 rings (SSSR count). The number of aromatic nitrogens is 1. The van der Waals surface area contributed by atoms with Crippen molar-refractivity contribution in [3.8, 4) is 0 Å². The first-order valence-corrected chi connectivity index (χ1v) is 2.41. The minimum Gasteiger partial charge on any atom is -0.365 e. The fourth-order valence-corrected chi connectivity index (χ4v) is 0.531. The van der Waals surface area contributed by atoms with E-state index in [4.69, 9.17) is 0 Å². The maximum absolute atomic E-state index is 3.07. The summed E-state index contributed by atoms with van der Waals surface area (Å²) in [7, 11) is 0. The van der Waals surface area contributed by atoms with Gasteiger partial charge in [-0.05, 0) is 25.5 Å². The van der Waals surface area contributed by atoms with Crippen molar-refractivity contribution in [3.63, 3.8) is 0 Å². The Hall–Kier alpha value is 0.280. The molecule has 0 saturated carbocycles. The zero-order chi connectivity index (χ0) is 5.28. The molecule has 2 heteroatoms. The summed E-state index contributed by atoms with van der Waals surface area (Å²) in [4.78, 5) is 3.07. The molecule has 1 heterocycles. The Morgan fingerprint density at radius 3 is 2.12 bits per heavy atom. The summed E-state index contributed by atoms with van der Waals surface area (Å²) in [5.41, 5.74) is 2.60. The van der Waals surface area contributed by atoms with Crippen molar-refractivity contribution >= 4 is 29.6 Å². The van der Waals surface area contributed by atoms with E-state index in [9.17, 15) is 0 Å². The van der Waals surface area contributed by atoms with E-state index in [0.717, 1.165) is 0 Å². The normalized spacial score (nSPS) is 8.25. The van der Waals surface area contributed by atoms with E-state index in [-0.39, 0.29) is 29.6 Å². The summed E-state index contributed by atoms with van der Waals surface area (Å²) < 4.78 is 0. The molecule has 0 amide bonds. The number of hydrogen-bond donors (Lipinski definition) is 1. The molecule has 0 fully saturated rings. The van der Waals surface area contributed by atoms with Gasteiger partial charge in [0.25, 0.3) is 0 Å². The third kappa shape index (κ3) is 1.66. The van der Waals surface area contributed by atoms with Crippen molar-refractivity contribution in [2.24, 2.45) is 0 Å². The van der Waals surface area contributed by atoms with Gasteiger partial charge in [0.15, 0.2) is 0 Å². The van der Waals surface area contributed by atoms with E-state index in [0.29, 0.717) is 0 Å². The molecule has 1 nitrogen and oxygen atoms in total. The molecular formula is C6H9NNa. The van der Waals surface area contributed by atoms with Crippen LogP contribution in [-0.4, -0.2) is 34.5 Å². The zero-order valence-corrected chi connectivity index (χ0v) is 7.65. The van der Waals surface area contributed by atoms with Crippen molar-refractivity contribution in [1.82, 2.24) is 4.98 Å². The van der Waals surface area contributed by atoms with Gasteiger partial charge < -0.3 is 4.98 Å². The number of aryl methyl sites for hydroxylation is 2. The molecule has 0 bridgehead atoms. The second kappa shape index (κ2) is 3.33. The third-order valence-electron chi connectivity index (χ3n) is 1.22. The molecule has 0 unspecified atom stereocenters. The maximum Gasteiger partial charge on any atom is 0.0145 e. The predicted molar refractivity (Wildman–Crippen MR) is 36.0 cm³/mol. The van der Waals surface area contributed by atoms with Crippen LogP contribution < -0.4 is 0 Å². The Morgan fingerprint density at radius 2 is 2.00 bits per heavy atom. The quantitative estimate of drug-likeness (QED) is 0.493. The molecule has 1 N–H and O–H groups in total. The molecule has 0 atom stereocenters. The number of rotatable bonds is 0. The molecule has 39 valence electrons. The average Bonchev–Trinajstić information content (AvgIpc) is 1.91. The molecule has 0 aliphatic carbocycles. The SMILES string of the molecule is Cc1cc[nH]c1C.[Na]. The monoisotopic (exact) mass is 118 g/mol. The second-order valence-corrected chi connectivity index (χ2v) is 1.79. The first-order valence-electron chi connectivity index (χ1n) is 2.41.